The molecule has 1 heterocycles. The van der Waals surface area contributed by atoms with Crippen LogP contribution in [0.25, 0.3) is 0 Å². The molecule has 0 spiro atoms. The van der Waals surface area contributed by atoms with E-state index in [0.717, 1.165) is 18.2 Å². The number of carbonyl (C=O) groups is 1. The lowest BCUT2D eigenvalue weighted by molar-refractivity contribution is -0.136. The second kappa shape index (κ2) is 9.62. The highest BCUT2D eigenvalue weighted by atomic mass is 35.5. The summed E-state index contributed by atoms with van der Waals surface area (Å²) in [7, 11) is 0. The summed E-state index contributed by atoms with van der Waals surface area (Å²) < 4.78 is 0. The van der Waals surface area contributed by atoms with Crippen molar-refractivity contribution in [3.8, 4) is 0 Å². The van der Waals surface area contributed by atoms with Crippen molar-refractivity contribution in [3.63, 3.8) is 0 Å². The minimum atomic E-state index is -0.757. The first-order chi connectivity index (χ1) is 6.72. The second-order valence-electron chi connectivity index (χ2n) is 2.94. The molecule has 0 saturated carbocycles. The summed E-state index contributed by atoms with van der Waals surface area (Å²) in [5.41, 5.74) is 0. The molecule has 84 valence electrons. The van der Waals surface area contributed by atoms with E-state index in [9.17, 15) is 4.79 Å². The third kappa shape index (κ3) is 7.47. The molecule has 0 aliphatic carbocycles. The molecule has 2 N–H and O–H groups in total. The molecule has 1 saturated heterocycles. The van der Waals surface area contributed by atoms with E-state index in [0.29, 0.717) is 0 Å². The highest BCUT2D eigenvalue weighted by molar-refractivity contribution is 8.00. The number of carboxylic acids is 1. The Morgan fingerprint density at radius 3 is 2.57 bits per heavy atom. The SMILES string of the molecule is CCCCCCl.O=C(O)C1NCCS1. The third-order valence-electron chi connectivity index (χ3n) is 1.68. The molecule has 0 amide bonds. The number of unbranched alkanes of at least 4 members (excludes halogenated alkanes) is 2. The van der Waals surface area contributed by atoms with Crippen LogP contribution in [0.4, 0.5) is 0 Å². The lowest BCUT2D eigenvalue weighted by Crippen LogP contribution is -2.27. The molecule has 1 atom stereocenters. The normalized spacial score (nSPS) is 20.0. The second-order valence-corrected chi connectivity index (χ2v) is 4.53. The van der Waals surface area contributed by atoms with Gasteiger partial charge in [0.05, 0.1) is 0 Å². The average Bonchev–Trinajstić information content (AvgIpc) is 2.68. The molecule has 14 heavy (non-hydrogen) atoms. The first kappa shape index (κ1) is 14.1. The van der Waals surface area contributed by atoms with Gasteiger partial charge in [-0.3, -0.25) is 5.32 Å². The fraction of sp³-hybridized carbons (Fsp3) is 0.889. The van der Waals surface area contributed by atoms with E-state index >= 15 is 0 Å². The van der Waals surface area contributed by atoms with E-state index in [4.69, 9.17) is 16.7 Å². The number of aliphatic carboxylic acids is 1. The maximum atomic E-state index is 10.1. The van der Waals surface area contributed by atoms with Crippen LogP contribution in [0, 0.1) is 0 Å². The van der Waals surface area contributed by atoms with Gasteiger partial charge in [-0.15, -0.1) is 23.4 Å². The molecule has 5 heteroatoms. The van der Waals surface area contributed by atoms with E-state index in [-0.39, 0.29) is 5.37 Å². The predicted octanol–water partition coefficient (Wildman–Crippen LogP) is 2.15. The first-order valence-electron chi connectivity index (χ1n) is 4.86. The number of hydrogen-bond acceptors (Lipinski definition) is 3. The molecule has 0 aromatic carbocycles. The Morgan fingerprint density at radius 1 is 1.64 bits per heavy atom. The molecule has 3 nitrogen and oxygen atoms in total. The van der Waals surface area contributed by atoms with E-state index < -0.39 is 5.97 Å². The summed E-state index contributed by atoms with van der Waals surface area (Å²) >= 11 is 6.82. The van der Waals surface area contributed by atoms with Gasteiger partial charge in [-0.05, 0) is 6.42 Å². The quantitative estimate of drug-likeness (QED) is 0.583. The van der Waals surface area contributed by atoms with Crippen LogP contribution in [0.15, 0.2) is 0 Å². The van der Waals surface area contributed by atoms with Gasteiger partial charge in [0.15, 0.2) is 5.37 Å². The van der Waals surface area contributed by atoms with Crippen LogP contribution in [0.5, 0.6) is 0 Å². The third-order valence-corrected chi connectivity index (χ3v) is 3.09. The number of thioether (sulfide) groups is 1. The monoisotopic (exact) mass is 239 g/mol. The zero-order valence-electron chi connectivity index (χ0n) is 8.46. The average molecular weight is 240 g/mol. The first-order valence-corrected chi connectivity index (χ1v) is 6.44. The van der Waals surface area contributed by atoms with Crippen molar-refractivity contribution >= 4 is 29.3 Å². The van der Waals surface area contributed by atoms with Gasteiger partial charge >= 0.3 is 5.97 Å². The molecule has 1 aliphatic heterocycles. The highest BCUT2D eigenvalue weighted by Crippen LogP contribution is 2.12. The van der Waals surface area contributed by atoms with Crippen LogP contribution < -0.4 is 5.32 Å². The Balaban J connectivity index is 0.000000255. The highest BCUT2D eigenvalue weighted by Gasteiger charge is 2.20. The molecule has 1 fully saturated rings. The van der Waals surface area contributed by atoms with Crippen molar-refractivity contribution in [3.05, 3.63) is 0 Å². The largest absolute Gasteiger partial charge is 0.479 e. The maximum absolute atomic E-state index is 10.1. The molecular weight excluding hydrogens is 222 g/mol. The Hall–Kier alpha value is 0.0700. The molecule has 0 aromatic heterocycles. The van der Waals surface area contributed by atoms with Crippen LogP contribution in [-0.2, 0) is 4.79 Å². The molecular formula is C9H18ClNO2S. The lowest BCUT2D eigenvalue weighted by Gasteiger charge is -1.98. The summed E-state index contributed by atoms with van der Waals surface area (Å²) in [6.07, 6.45) is 3.73. The van der Waals surface area contributed by atoms with Crippen molar-refractivity contribution in [2.45, 2.75) is 31.6 Å². The Morgan fingerprint density at radius 2 is 2.36 bits per heavy atom. The summed E-state index contributed by atoms with van der Waals surface area (Å²) in [5, 5.41) is 10.8. The van der Waals surface area contributed by atoms with Crippen LogP contribution in [-0.4, -0.2) is 34.6 Å². The van der Waals surface area contributed by atoms with Gasteiger partial charge in [-0.2, -0.15) is 0 Å². The Kier molecular flexibility index (Phi) is 9.67. The van der Waals surface area contributed by atoms with Crippen molar-refractivity contribution < 1.29 is 9.90 Å². The van der Waals surface area contributed by atoms with Crippen LogP contribution in [0.2, 0.25) is 0 Å². The zero-order valence-corrected chi connectivity index (χ0v) is 10.0. The molecule has 0 bridgehead atoms. The standard InChI is InChI=1S/C5H11Cl.C4H7NO2S/c1-2-3-4-5-6;6-4(7)3-5-1-2-8-3/h2-5H2,1H3;3,5H,1-2H2,(H,6,7). The van der Waals surface area contributed by atoms with Gasteiger partial charge in [-0.25, -0.2) is 4.79 Å². The van der Waals surface area contributed by atoms with Crippen LogP contribution >= 0.6 is 23.4 Å². The van der Waals surface area contributed by atoms with E-state index in [1.807, 2.05) is 0 Å². The summed E-state index contributed by atoms with van der Waals surface area (Å²) in [5.74, 6) is 0.984. The zero-order chi connectivity index (χ0) is 10.8. The molecule has 1 unspecified atom stereocenters. The van der Waals surface area contributed by atoms with Gasteiger partial charge < -0.3 is 5.11 Å². The molecule has 0 aromatic rings. The number of rotatable bonds is 4. The minimum absolute atomic E-state index is 0.352. The smallest absolute Gasteiger partial charge is 0.331 e. The molecule has 1 aliphatic rings. The lowest BCUT2D eigenvalue weighted by atomic mass is 10.3. The van der Waals surface area contributed by atoms with Gasteiger partial charge in [0.25, 0.3) is 0 Å². The van der Waals surface area contributed by atoms with Gasteiger partial charge in [0, 0.05) is 18.2 Å². The maximum Gasteiger partial charge on any atom is 0.331 e. The Labute approximate surface area is 94.6 Å². The number of hydrogen-bond donors (Lipinski definition) is 2. The summed E-state index contributed by atoms with van der Waals surface area (Å²) in [6, 6.07) is 0. The van der Waals surface area contributed by atoms with Crippen LogP contribution in [0.1, 0.15) is 26.2 Å². The van der Waals surface area contributed by atoms with Gasteiger partial charge in [0.1, 0.15) is 0 Å². The Bertz CT molecular complexity index is 148. The van der Waals surface area contributed by atoms with E-state index in [2.05, 4.69) is 12.2 Å². The number of halogens is 1. The van der Waals surface area contributed by atoms with Crippen molar-refractivity contribution in [2.24, 2.45) is 0 Å². The fourth-order valence-electron chi connectivity index (χ4n) is 0.929. The van der Waals surface area contributed by atoms with Crippen molar-refractivity contribution in [2.75, 3.05) is 18.2 Å². The topological polar surface area (TPSA) is 49.3 Å². The number of alkyl halides is 1. The van der Waals surface area contributed by atoms with Crippen LogP contribution in [0.3, 0.4) is 0 Å². The summed E-state index contributed by atoms with van der Waals surface area (Å²) in [4.78, 5) is 10.1. The fourth-order valence-corrected chi connectivity index (χ4v) is 1.97. The van der Waals surface area contributed by atoms with E-state index in [1.165, 1.54) is 31.0 Å². The van der Waals surface area contributed by atoms with Crippen molar-refractivity contribution in [1.29, 1.82) is 0 Å². The predicted molar refractivity (Wildman–Crippen MR) is 62.1 cm³/mol. The van der Waals surface area contributed by atoms with Gasteiger partial charge in [0.2, 0.25) is 0 Å². The summed E-state index contributed by atoms with van der Waals surface area (Å²) in [6.45, 7) is 2.99. The number of carboxylic acid groups (broad SMARTS) is 1. The molecule has 1 rings (SSSR count). The van der Waals surface area contributed by atoms with Crippen molar-refractivity contribution in [1.82, 2.24) is 5.32 Å². The molecule has 0 radical (unpaired) electrons. The van der Waals surface area contributed by atoms with E-state index in [1.54, 1.807) is 0 Å². The minimum Gasteiger partial charge on any atom is -0.479 e. The number of nitrogens with one attached hydrogen (secondary N) is 1. The van der Waals surface area contributed by atoms with Gasteiger partial charge in [-0.1, -0.05) is 19.8 Å².